The number of nitrogens with zero attached hydrogens (tertiary/aromatic N) is 1. The van der Waals surface area contributed by atoms with Gasteiger partial charge in [-0.05, 0) is 40.1 Å². The highest BCUT2D eigenvalue weighted by molar-refractivity contribution is 7.89. The molecule has 0 aliphatic rings. The van der Waals surface area contributed by atoms with Crippen LogP contribution in [0.1, 0.15) is 10.4 Å². The van der Waals surface area contributed by atoms with E-state index in [0.717, 1.165) is 16.7 Å². The minimum absolute atomic E-state index is 0.0189. The molecule has 0 atom stereocenters. The summed E-state index contributed by atoms with van der Waals surface area (Å²) < 4.78 is 27.9. The van der Waals surface area contributed by atoms with E-state index in [1.165, 1.54) is 19.2 Å². The molecule has 0 bridgehead atoms. The Bertz CT molecular complexity index is 1290. The number of nitrogens with one attached hydrogen (secondary N) is 1. The third-order valence-corrected chi connectivity index (χ3v) is 6.25. The van der Waals surface area contributed by atoms with Gasteiger partial charge in [0.1, 0.15) is 11.3 Å². The molecule has 4 rings (SSSR count). The molecule has 0 aliphatic heterocycles. The fraction of sp³-hybridized carbons (Fsp3) is 0.0476. The van der Waals surface area contributed by atoms with Gasteiger partial charge in [-0.25, -0.2) is 18.4 Å². The maximum Gasteiger partial charge on any atom is 0.342 e. The van der Waals surface area contributed by atoms with Crippen LogP contribution in [0.3, 0.4) is 0 Å². The van der Waals surface area contributed by atoms with Crippen molar-refractivity contribution in [3.05, 3.63) is 70.9 Å². The summed E-state index contributed by atoms with van der Waals surface area (Å²) in [5.41, 5.74) is 4.66. The average Bonchev–Trinajstić information content (AvgIpc) is 3.43. The number of primary sulfonamides is 1. The Morgan fingerprint density at radius 1 is 0.967 bits per heavy atom. The van der Waals surface area contributed by atoms with Crippen LogP contribution in [-0.4, -0.2) is 31.7 Å². The number of hydrogen-bond acceptors (Lipinski definition) is 6. The molecule has 7 nitrogen and oxygen atoms in total. The van der Waals surface area contributed by atoms with Gasteiger partial charge < -0.3 is 4.74 Å². The van der Waals surface area contributed by atoms with Gasteiger partial charge in [-0.3, -0.25) is 5.10 Å². The zero-order chi connectivity index (χ0) is 21.3. The zero-order valence-corrected chi connectivity index (χ0v) is 17.5. The van der Waals surface area contributed by atoms with Crippen molar-refractivity contribution in [3.63, 3.8) is 0 Å². The molecule has 3 N–H and O–H groups in total. The number of sulfonamides is 1. The first-order chi connectivity index (χ1) is 14.4. The van der Waals surface area contributed by atoms with Crippen molar-refractivity contribution < 1.29 is 17.9 Å². The van der Waals surface area contributed by atoms with Crippen LogP contribution in [0.4, 0.5) is 0 Å². The van der Waals surface area contributed by atoms with Crippen LogP contribution in [-0.2, 0) is 14.8 Å². The number of benzene rings is 2. The van der Waals surface area contributed by atoms with Gasteiger partial charge in [0, 0.05) is 11.1 Å². The van der Waals surface area contributed by atoms with E-state index in [1.54, 1.807) is 23.5 Å². The number of ether oxygens (including phenoxy) is 1. The van der Waals surface area contributed by atoms with Gasteiger partial charge in [-0.1, -0.05) is 36.4 Å². The van der Waals surface area contributed by atoms with Gasteiger partial charge in [0.15, 0.2) is 0 Å². The standard InChI is InChI=1S/C21H17N3O4S2/c1-28-21(25)18-19(14-4-2-13(3-5-14)16-10-11-29-12-16)23-24-20(18)15-6-8-17(9-7-15)30(22,26)27/h2-12H,1H3,(H,23,24)(H2,22,26,27). The smallest absolute Gasteiger partial charge is 0.342 e. The van der Waals surface area contributed by atoms with E-state index in [4.69, 9.17) is 9.88 Å². The van der Waals surface area contributed by atoms with E-state index < -0.39 is 16.0 Å². The van der Waals surface area contributed by atoms with Crippen LogP contribution in [0.15, 0.2) is 70.3 Å². The summed E-state index contributed by atoms with van der Waals surface area (Å²) in [7, 11) is -2.51. The Morgan fingerprint density at radius 2 is 1.60 bits per heavy atom. The molecule has 2 aromatic heterocycles. The Hall–Kier alpha value is -3.27. The second-order valence-electron chi connectivity index (χ2n) is 6.47. The molecule has 0 saturated carbocycles. The molecule has 152 valence electrons. The van der Waals surface area contributed by atoms with Crippen molar-refractivity contribution in [2.45, 2.75) is 4.90 Å². The number of esters is 1. The number of carbonyl (C=O) groups excluding carboxylic acids is 1. The number of rotatable bonds is 5. The predicted octanol–water partition coefficient (Wildman–Crippen LogP) is 3.91. The molecule has 0 spiro atoms. The van der Waals surface area contributed by atoms with Crippen LogP contribution >= 0.6 is 11.3 Å². The van der Waals surface area contributed by atoms with Crippen LogP contribution in [0.2, 0.25) is 0 Å². The molecule has 0 radical (unpaired) electrons. The molecule has 9 heteroatoms. The molecule has 4 aromatic rings. The number of aromatic nitrogens is 2. The largest absolute Gasteiger partial charge is 0.465 e. The first kappa shape index (κ1) is 20.0. The molecule has 0 unspecified atom stereocenters. The third-order valence-electron chi connectivity index (χ3n) is 4.64. The van der Waals surface area contributed by atoms with Crippen LogP contribution in [0.25, 0.3) is 33.6 Å². The summed E-state index contributed by atoms with van der Waals surface area (Å²) in [6, 6.07) is 15.6. The van der Waals surface area contributed by atoms with Crippen LogP contribution in [0.5, 0.6) is 0 Å². The van der Waals surface area contributed by atoms with Crippen LogP contribution < -0.4 is 5.14 Å². The van der Waals surface area contributed by atoms with Crippen molar-refractivity contribution in [1.82, 2.24) is 10.2 Å². The summed E-state index contributed by atoms with van der Waals surface area (Å²) in [6.45, 7) is 0. The maximum absolute atomic E-state index is 12.5. The Kier molecular flexibility index (Phi) is 5.25. The van der Waals surface area contributed by atoms with Gasteiger partial charge in [-0.15, -0.1) is 0 Å². The predicted molar refractivity (Wildman–Crippen MR) is 115 cm³/mol. The fourth-order valence-corrected chi connectivity index (χ4v) is 4.30. The number of H-pyrrole nitrogens is 1. The lowest BCUT2D eigenvalue weighted by Gasteiger charge is -2.06. The van der Waals surface area contributed by atoms with Crippen LogP contribution in [0, 0.1) is 0 Å². The SMILES string of the molecule is COC(=O)c1c(-c2ccc(-c3ccsc3)cc2)n[nH]c1-c1ccc(S(N)(=O)=O)cc1. The molecule has 30 heavy (non-hydrogen) atoms. The Morgan fingerprint density at radius 3 is 2.17 bits per heavy atom. The topological polar surface area (TPSA) is 115 Å². The normalized spacial score (nSPS) is 11.4. The van der Waals surface area contributed by atoms with E-state index >= 15 is 0 Å². The number of carbonyl (C=O) groups is 1. The van der Waals surface area contributed by atoms with Gasteiger partial charge in [0.2, 0.25) is 10.0 Å². The van der Waals surface area contributed by atoms with Crippen molar-refractivity contribution in [3.8, 4) is 33.6 Å². The number of methoxy groups -OCH3 is 1. The molecule has 2 heterocycles. The van der Waals surface area contributed by atoms with E-state index in [9.17, 15) is 13.2 Å². The lowest BCUT2D eigenvalue weighted by molar-refractivity contribution is 0.0602. The second kappa shape index (κ2) is 7.86. The number of hydrogen-bond donors (Lipinski definition) is 2. The van der Waals surface area contributed by atoms with E-state index in [2.05, 4.69) is 15.6 Å². The molecule has 0 fully saturated rings. The zero-order valence-electron chi connectivity index (χ0n) is 15.8. The highest BCUT2D eigenvalue weighted by Crippen LogP contribution is 2.32. The fourth-order valence-electron chi connectivity index (χ4n) is 3.12. The first-order valence-corrected chi connectivity index (χ1v) is 11.3. The first-order valence-electron chi connectivity index (χ1n) is 8.81. The lowest BCUT2D eigenvalue weighted by atomic mass is 10.00. The van der Waals surface area contributed by atoms with E-state index in [-0.39, 0.29) is 10.5 Å². The highest BCUT2D eigenvalue weighted by atomic mass is 32.2. The Labute approximate surface area is 177 Å². The maximum atomic E-state index is 12.5. The third kappa shape index (κ3) is 3.78. The van der Waals surface area contributed by atoms with Crippen molar-refractivity contribution in [2.24, 2.45) is 5.14 Å². The van der Waals surface area contributed by atoms with Gasteiger partial charge in [-0.2, -0.15) is 16.4 Å². The number of aromatic amines is 1. The molecule has 0 amide bonds. The molecule has 0 saturated heterocycles. The number of nitrogens with two attached hydrogens (primary N) is 1. The van der Waals surface area contributed by atoms with E-state index in [1.807, 2.05) is 35.7 Å². The summed E-state index contributed by atoms with van der Waals surface area (Å²) >= 11 is 1.62. The van der Waals surface area contributed by atoms with Gasteiger partial charge >= 0.3 is 5.97 Å². The van der Waals surface area contributed by atoms with E-state index in [0.29, 0.717) is 17.0 Å². The lowest BCUT2D eigenvalue weighted by Crippen LogP contribution is -2.11. The molecular formula is C21H17N3O4S2. The second-order valence-corrected chi connectivity index (χ2v) is 8.81. The van der Waals surface area contributed by atoms with Crippen molar-refractivity contribution in [2.75, 3.05) is 7.11 Å². The summed E-state index contributed by atoms with van der Waals surface area (Å²) in [6.07, 6.45) is 0. The monoisotopic (exact) mass is 439 g/mol. The molecule has 2 aromatic carbocycles. The van der Waals surface area contributed by atoms with Crippen molar-refractivity contribution >= 4 is 27.3 Å². The minimum Gasteiger partial charge on any atom is -0.465 e. The minimum atomic E-state index is -3.81. The average molecular weight is 440 g/mol. The van der Waals surface area contributed by atoms with Gasteiger partial charge in [0.05, 0.1) is 17.7 Å². The summed E-state index contributed by atoms with van der Waals surface area (Å²) in [5.74, 6) is -0.550. The Balaban J connectivity index is 1.77. The van der Waals surface area contributed by atoms with Gasteiger partial charge in [0.25, 0.3) is 0 Å². The van der Waals surface area contributed by atoms with Crippen molar-refractivity contribution in [1.29, 1.82) is 0 Å². The summed E-state index contributed by atoms with van der Waals surface area (Å²) in [4.78, 5) is 12.5. The quantitative estimate of drug-likeness (QED) is 0.458. The summed E-state index contributed by atoms with van der Waals surface area (Å²) in [5, 5.41) is 16.4. The molecular weight excluding hydrogens is 422 g/mol. The highest BCUT2D eigenvalue weighted by Gasteiger charge is 2.23. The number of thiophene rings is 1. The molecule has 0 aliphatic carbocycles.